The highest BCUT2D eigenvalue weighted by Gasteiger charge is 2.45. The number of carbonyl (C=O) groups is 17. The van der Waals surface area contributed by atoms with Gasteiger partial charge in [-0.3, -0.25) is 81.5 Å². The predicted octanol–water partition coefficient (Wildman–Crippen LogP) is -2.07. The van der Waals surface area contributed by atoms with Gasteiger partial charge in [-0.25, -0.2) is 4.98 Å². The van der Waals surface area contributed by atoms with Crippen molar-refractivity contribution in [2.75, 3.05) is 65.4 Å². The van der Waals surface area contributed by atoms with Gasteiger partial charge in [0.05, 0.1) is 43.4 Å². The first kappa shape index (κ1) is 104. The number of phenols is 1. The third-order valence-electron chi connectivity index (χ3n) is 23.6. The van der Waals surface area contributed by atoms with Crippen molar-refractivity contribution in [1.82, 2.24) is 92.3 Å². The summed E-state index contributed by atoms with van der Waals surface area (Å²) >= 11 is 0.795. The number of imidazole rings is 1. The van der Waals surface area contributed by atoms with E-state index in [1.54, 1.807) is 18.5 Å². The molecule has 3 aromatic carbocycles. The SMILES string of the molecule is CCCC[C@@H](C(=O)N(C)[C@@H](CCCC)C(=O)N[C@@H](C)C(=O)N[C@@H](CSCC(=O)N[C@@H](Cc1ccc(O)cc1)C(=O)N(C)[C@@H](C)C(=O)N[C@@H](CCCN)C(=O)N1CCC[C@H]1C(=O)N[C@@H](Cc1cnc[nH]1)C(=O)N[C@@H](CCC(=O)O)C(=O)N1C[C@H](O)C[C@H]1C(C)=O)C(=O)NCC(N)=O)N(C)C(=O)[C@H](Cc1c[nH]c2ccccc12)NC(=O)[C@H](CO)NC(=O)[C@@H](N)Cc1c[nH]c2ccccc12. The van der Waals surface area contributed by atoms with E-state index in [4.69, 9.17) is 17.2 Å². The van der Waals surface area contributed by atoms with Crippen molar-refractivity contribution in [2.24, 2.45) is 17.2 Å². The number of likely N-dealkylation sites (N-methyl/N-ethyl adjacent to an activating group) is 3. The molecule has 2 saturated heterocycles. The number of carboxylic acids is 1. The summed E-state index contributed by atoms with van der Waals surface area (Å²) in [6.07, 6.45) is 5.92. The molecule has 0 unspecified atom stereocenters. The molecule has 2 aliphatic heterocycles. The molecule has 0 saturated carbocycles. The molecule has 132 heavy (non-hydrogen) atoms. The Morgan fingerprint density at radius 1 is 0.583 bits per heavy atom. The van der Waals surface area contributed by atoms with Crippen LogP contribution in [-0.2, 0) is 107 Å². The quantitative estimate of drug-likeness (QED) is 0.0195. The zero-order valence-electron chi connectivity index (χ0n) is 75.4. The molecule has 6 aromatic rings. The summed E-state index contributed by atoms with van der Waals surface area (Å²) in [6, 6.07) is 1.12. The predicted molar refractivity (Wildman–Crippen MR) is 485 cm³/mol. The van der Waals surface area contributed by atoms with Crippen LogP contribution in [0.25, 0.3) is 21.8 Å². The lowest BCUT2D eigenvalue weighted by atomic mass is 10.00. The minimum atomic E-state index is -1.58. The van der Waals surface area contributed by atoms with Crippen molar-refractivity contribution in [2.45, 2.75) is 234 Å². The number of hydrogen-bond acceptors (Lipinski definition) is 24. The topological polar surface area (TPSA) is 634 Å². The van der Waals surface area contributed by atoms with E-state index in [2.05, 4.69) is 67.8 Å². The lowest BCUT2D eigenvalue weighted by Gasteiger charge is -2.36. The number of aliphatic hydroxyl groups excluding tert-OH is 2. The number of amides is 15. The number of benzene rings is 3. The molecule has 3 aromatic heterocycles. The smallest absolute Gasteiger partial charge is 0.303 e. The van der Waals surface area contributed by atoms with E-state index >= 15 is 9.59 Å². The van der Waals surface area contributed by atoms with Crippen LogP contribution in [0.15, 0.2) is 97.7 Å². The summed E-state index contributed by atoms with van der Waals surface area (Å²) in [4.78, 5) is 258. The molecule has 2 fully saturated rings. The number of carbonyl (C=O) groups excluding carboxylic acids is 16. The van der Waals surface area contributed by atoms with Crippen LogP contribution in [0, 0.1) is 0 Å². The largest absolute Gasteiger partial charge is 0.508 e. The highest BCUT2D eigenvalue weighted by Crippen LogP contribution is 2.27. The number of aliphatic carboxylic acids is 1. The molecular weight excluding hydrogens is 1730 g/mol. The summed E-state index contributed by atoms with van der Waals surface area (Å²) in [7, 11) is 4.04. The van der Waals surface area contributed by atoms with Gasteiger partial charge in [-0.15, -0.1) is 11.8 Å². The van der Waals surface area contributed by atoms with E-state index in [1.807, 2.05) is 56.3 Å². The lowest BCUT2D eigenvalue weighted by molar-refractivity contribution is -0.149. The van der Waals surface area contributed by atoms with Crippen molar-refractivity contribution in [3.8, 4) is 5.75 Å². The van der Waals surface area contributed by atoms with E-state index in [9.17, 15) is 92.3 Å². The number of fused-ring (bicyclic) bond motifs is 2. The van der Waals surface area contributed by atoms with Gasteiger partial charge in [-0.1, -0.05) is 88.1 Å². The number of para-hydroxylation sites is 2. The molecule has 0 bridgehead atoms. The summed E-state index contributed by atoms with van der Waals surface area (Å²) in [5.74, 6) is -15.3. The number of hydrogen-bond donors (Lipinski definition) is 19. The first-order valence-corrected chi connectivity index (χ1v) is 45.3. The number of likely N-dealkylation sites (tertiary alicyclic amines) is 2. The number of nitrogens with two attached hydrogens (primary N) is 3. The Labute approximate surface area is 767 Å². The van der Waals surface area contributed by atoms with E-state index in [0.29, 0.717) is 42.5 Å². The number of nitrogens with one attached hydrogen (secondary N) is 12. The van der Waals surface area contributed by atoms with Crippen LogP contribution in [0.5, 0.6) is 5.75 Å². The summed E-state index contributed by atoms with van der Waals surface area (Å²) in [5, 5.41) is 65.8. The summed E-state index contributed by atoms with van der Waals surface area (Å²) in [6.45, 7) is 5.84. The number of aromatic nitrogens is 4. The Bertz CT molecular complexity index is 5030. The number of unbranched alkanes of at least 4 members (excludes halogenated alkanes) is 2. The molecule has 42 nitrogen and oxygen atoms in total. The molecule has 8 rings (SSSR count). The van der Waals surface area contributed by atoms with Gasteiger partial charge >= 0.3 is 5.97 Å². The molecule has 22 N–H and O–H groups in total. The van der Waals surface area contributed by atoms with Gasteiger partial charge in [0.2, 0.25) is 88.6 Å². The number of aromatic hydroxyl groups is 1. The second-order valence-corrected chi connectivity index (χ2v) is 34.4. The molecule has 0 aliphatic carbocycles. The average molecular weight is 1860 g/mol. The maximum absolute atomic E-state index is 15.2. The molecule has 0 spiro atoms. The fourth-order valence-corrected chi connectivity index (χ4v) is 16.8. The van der Waals surface area contributed by atoms with Gasteiger partial charge in [0, 0.05) is 118 Å². The van der Waals surface area contributed by atoms with Crippen LogP contribution < -0.4 is 65.1 Å². The third-order valence-corrected chi connectivity index (χ3v) is 24.6. The van der Waals surface area contributed by atoms with Crippen molar-refractivity contribution >= 4 is 134 Å². The number of primary amides is 1. The van der Waals surface area contributed by atoms with E-state index in [1.165, 1.54) is 93.4 Å². The molecule has 718 valence electrons. The molecule has 15 atom stereocenters. The minimum absolute atomic E-state index is 0.00566. The van der Waals surface area contributed by atoms with Gasteiger partial charge in [0.1, 0.15) is 78.3 Å². The first-order chi connectivity index (χ1) is 62.9. The molecule has 0 radical (unpaired) electrons. The Morgan fingerprint density at radius 2 is 1.15 bits per heavy atom. The average Bonchev–Trinajstić information content (AvgIpc) is 1.66. The number of aliphatic hydroxyl groups is 2. The molecule has 15 amide bonds. The number of carboxylic acid groups (broad SMARTS) is 1. The van der Waals surface area contributed by atoms with Crippen LogP contribution in [-0.4, -0.2) is 321 Å². The van der Waals surface area contributed by atoms with Gasteiger partial charge in [-0.05, 0) is 120 Å². The van der Waals surface area contributed by atoms with Crippen molar-refractivity contribution in [1.29, 1.82) is 0 Å². The number of aromatic amines is 3. The summed E-state index contributed by atoms with van der Waals surface area (Å²) in [5.41, 5.74) is 21.4. The van der Waals surface area contributed by atoms with Crippen LogP contribution in [0.3, 0.4) is 0 Å². The monoisotopic (exact) mass is 1860 g/mol. The third kappa shape index (κ3) is 29.3. The molecule has 43 heteroatoms. The van der Waals surface area contributed by atoms with Crippen molar-refractivity contribution in [3.63, 3.8) is 0 Å². The lowest BCUT2D eigenvalue weighted by Crippen LogP contribution is -2.60. The van der Waals surface area contributed by atoms with Crippen LogP contribution in [0.4, 0.5) is 0 Å². The fourth-order valence-electron chi connectivity index (χ4n) is 15.9. The van der Waals surface area contributed by atoms with Crippen molar-refractivity contribution < 1.29 is 102 Å². The normalized spacial score (nSPS) is 16.9. The number of H-pyrrole nitrogens is 3. The van der Waals surface area contributed by atoms with Gasteiger partial charge in [-0.2, -0.15) is 0 Å². The van der Waals surface area contributed by atoms with E-state index in [-0.39, 0.29) is 102 Å². The molecule has 5 heterocycles. The zero-order chi connectivity index (χ0) is 96.7. The van der Waals surface area contributed by atoms with Crippen LogP contribution in [0.2, 0.25) is 0 Å². The Morgan fingerprint density at radius 3 is 1.76 bits per heavy atom. The number of β-amino-alcohol motifs (C(OH)–C–C–N with tert-alkyl or cyclic N) is 1. The Hall–Kier alpha value is -12.9. The van der Waals surface area contributed by atoms with Gasteiger partial charge in [0.25, 0.3) is 0 Å². The Balaban J connectivity index is 0.916. The molecular formula is C89H125N21O21S. The second-order valence-electron chi connectivity index (χ2n) is 33.4. The number of phenolic OH excluding ortho intramolecular Hbond substituents is 1. The highest BCUT2D eigenvalue weighted by molar-refractivity contribution is 8.00. The van der Waals surface area contributed by atoms with Gasteiger partial charge < -0.3 is 125 Å². The maximum Gasteiger partial charge on any atom is 0.303 e. The van der Waals surface area contributed by atoms with E-state index < -0.39 is 223 Å². The van der Waals surface area contributed by atoms with Crippen molar-refractivity contribution in [3.05, 3.63) is 120 Å². The summed E-state index contributed by atoms with van der Waals surface area (Å²) < 4.78 is 0. The highest BCUT2D eigenvalue weighted by atomic mass is 32.2. The number of rotatable bonds is 52. The number of thioether (sulfide) groups is 1. The Kier molecular flexibility index (Phi) is 40.0. The number of Topliss-reactive ketones (excluding diaryl/α,β-unsaturated/α-hetero) is 1. The minimum Gasteiger partial charge on any atom is -0.508 e. The maximum atomic E-state index is 15.2. The zero-order valence-corrected chi connectivity index (χ0v) is 76.2. The second kappa shape index (κ2) is 50.5. The standard InChI is InChI=1S/C89H125N21O21S/c1-9-11-24-70(107(7)89(131)72(25-12-10-2)108(8)86(128)67(37-54-41-95-62-22-16-14-20-59(54)62)103-82(124)68(45-111)104-79(121)60(91)36-53-40-94-61-21-15-13-19-58(53)61)83(125)98-49(3)77(119)105-69(80(122)96-43-74(92)115)46-132-47-75(116)99-66(35-52-27-29-56(113)30-28-52)85(127)106(6)50(4)78(120)100-63(23-17-33-90)87(129)109-34-18-26-71(109)84(126)102-65(38-55-42-93-48-97-55)81(123)101-64(31-32-76(117)118)88(130)110-44-57(114)39-73(110)51(5)112/h13-16,19-22,27-30,40-42,48-50,57,60,63-73,94-95,111,113-114H,9-12,17-18,23-26,31-39,43-47,90-91H2,1-8H3,(H2,92,115)(H,93,97)(H,96,122)(H,98,125)(H,99,116)(H,100,120)(H,101,123)(H,102,126)(H,103,124)(H,104,121)(H,105,119)(H,117,118)/t49-,50-,57+,60-,63-,64-,65-,66-,67-,68-,69-,70-,71-,72-,73-/m0/s1. The van der Waals surface area contributed by atoms with Crippen LogP contribution >= 0.6 is 11.8 Å². The molecule has 2 aliphatic rings. The number of nitrogens with zero attached hydrogens (tertiary/aromatic N) is 6. The number of ketones is 1. The van der Waals surface area contributed by atoms with Gasteiger partial charge in [0.15, 0.2) is 5.78 Å². The van der Waals surface area contributed by atoms with Crippen LogP contribution in [0.1, 0.15) is 140 Å². The van der Waals surface area contributed by atoms with E-state index in [0.717, 1.165) is 48.9 Å². The first-order valence-electron chi connectivity index (χ1n) is 44.2. The fraction of sp³-hybridized carbons (Fsp3) is 0.528.